The van der Waals surface area contributed by atoms with Gasteiger partial charge in [-0.25, -0.2) is 8.42 Å². The molecular weight excluding hydrogens is 638 g/mol. The first-order chi connectivity index (χ1) is 21.0. The van der Waals surface area contributed by atoms with Crippen molar-refractivity contribution < 1.29 is 18.0 Å². The standard InChI is InChI=1S/C35H38BrN3O4S/c1-26(2)23-37-35(41)33(22-28-13-6-4-7-14-28)38(24-29-15-11-16-30(36)21-29)34(40)25-39(31-17-10-12-27(3)20-31)44(42,43)32-18-8-5-9-19-32/h4-21,26,33H,22-25H2,1-3H3,(H,37,41). The van der Waals surface area contributed by atoms with Gasteiger partial charge < -0.3 is 10.2 Å². The number of benzene rings is 4. The summed E-state index contributed by atoms with van der Waals surface area (Å²) >= 11 is 3.51. The highest BCUT2D eigenvalue weighted by Gasteiger charge is 2.34. The van der Waals surface area contributed by atoms with Crippen LogP contribution in [0.1, 0.15) is 30.5 Å². The largest absolute Gasteiger partial charge is 0.354 e. The number of carbonyl (C=O) groups excluding carboxylic acids is 2. The summed E-state index contributed by atoms with van der Waals surface area (Å²) in [4.78, 5) is 29.9. The number of nitrogens with one attached hydrogen (secondary N) is 1. The van der Waals surface area contributed by atoms with Crippen LogP contribution in [-0.2, 0) is 32.6 Å². The number of aryl methyl sites for hydroxylation is 1. The fraction of sp³-hybridized carbons (Fsp3) is 0.257. The van der Waals surface area contributed by atoms with Gasteiger partial charge in [-0.3, -0.25) is 13.9 Å². The van der Waals surface area contributed by atoms with E-state index in [1.807, 2.05) is 81.4 Å². The van der Waals surface area contributed by atoms with Crippen molar-refractivity contribution in [1.82, 2.24) is 10.2 Å². The highest BCUT2D eigenvalue weighted by molar-refractivity contribution is 9.10. The highest BCUT2D eigenvalue weighted by Crippen LogP contribution is 2.26. The van der Waals surface area contributed by atoms with Gasteiger partial charge in [0.05, 0.1) is 10.6 Å². The van der Waals surface area contributed by atoms with Gasteiger partial charge in [0, 0.05) is 24.0 Å². The van der Waals surface area contributed by atoms with Gasteiger partial charge >= 0.3 is 0 Å². The predicted molar refractivity (Wildman–Crippen MR) is 179 cm³/mol. The van der Waals surface area contributed by atoms with Crippen LogP contribution in [0.5, 0.6) is 0 Å². The van der Waals surface area contributed by atoms with E-state index in [-0.39, 0.29) is 29.7 Å². The Hall–Kier alpha value is -3.95. The third kappa shape index (κ3) is 8.80. The van der Waals surface area contributed by atoms with Gasteiger partial charge in [-0.15, -0.1) is 0 Å². The molecule has 9 heteroatoms. The van der Waals surface area contributed by atoms with Crippen LogP contribution in [0, 0.1) is 12.8 Å². The molecule has 0 fully saturated rings. The van der Waals surface area contributed by atoms with E-state index in [0.717, 1.165) is 25.5 Å². The molecule has 0 saturated carbocycles. The second-order valence-electron chi connectivity index (χ2n) is 11.2. The Bertz CT molecular complexity index is 1660. The van der Waals surface area contributed by atoms with E-state index in [4.69, 9.17) is 0 Å². The van der Waals surface area contributed by atoms with Crippen molar-refractivity contribution in [3.8, 4) is 0 Å². The second-order valence-corrected chi connectivity index (χ2v) is 13.9. The molecule has 0 bridgehead atoms. The molecule has 2 amide bonds. The monoisotopic (exact) mass is 675 g/mol. The summed E-state index contributed by atoms with van der Waals surface area (Å²) in [6.07, 6.45) is 0.264. The van der Waals surface area contributed by atoms with Gasteiger partial charge in [-0.2, -0.15) is 0 Å². The van der Waals surface area contributed by atoms with Gasteiger partial charge in [0.25, 0.3) is 10.0 Å². The first kappa shape index (κ1) is 33.0. The summed E-state index contributed by atoms with van der Waals surface area (Å²) in [6, 6.07) is 31.3. The van der Waals surface area contributed by atoms with E-state index < -0.39 is 28.5 Å². The Balaban J connectivity index is 1.79. The lowest BCUT2D eigenvalue weighted by atomic mass is 10.0. The summed E-state index contributed by atoms with van der Waals surface area (Å²) in [6.45, 7) is 5.94. The summed E-state index contributed by atoms with van der Waals surface area (Å²) in [5.41, 5.74) is 2.91. The second kappa shape index (κ2) is 15.2. The molecule has 4 rings (SSSR count). The molecule has 0 aliphatic carbocycles. The van der Waals surface area contributed by atoms with Gasteiger partial charge in [-0.1, -0.05) is 103 Å². The normalized spacial score (nSPS) is 12.0. The number of hydrogen-bond donors (Lipinski definition) is 1. The van der Waals surface area contributed by atoms with E-state index in [0.29, 0.717) is 12.2 Å². The van der Waals surface area contributed by atoms with Crippen LogP contribution < -0.4 is 9.62 Å². The number of amides is 2. The number of rotatable bonds is 13. The molecule has 1 unspecified atom stereocenters. The Morgan fingerprint density at radius 2 is 1.45 bits per heavy atom. The van der Waals surface area contributed by atoms with Gasteiger partial charge in [0.2, 0.25) is 11.8 Å². The average Bonchev–Trinajstić information content (AvgIpc) is 3.01. The lowest BCUT2D eigenvalue weighted by molar-refractivity contribution is -0.140. The lowest BCUT2D eigenvalue weighted by Gasteiger charge is -2.34. The highest BCUT2D eigenvalue weighted by atomic mass is 79.9. The smallest absolute Gasteiger partial charge is 0.264 e. The number of sulfonamides is 1. The molecule has 0 aliphatic heterocycles. The number of halogens is 1. The molecule has 0 radical (unpaired) electrons. The maximum Gasteiger partial charge on any atom is 0.264 e. The molecule has 0 aliphatic rings. The minimum absolute atomic E-state index is 0.0726. The number of carbonyl (C=O) groups is 2. The zero-order valence-electron chi connectivity index (χ0n) is 25.2. The van der Waals surface area contributed by atoms with Crippen LogP contribution in [0.15, 0.2) is 119 Å². The van der Waals surface area contributed by atoms with Gasteiger partial charge in [0.15, 0.2) is 0 Å². The maximum atomic E-state index is 14.5. The molecule has 0 heterocycles. The topological polar surface area (TPSA) is 86.8 Å². The van der Waals surface area contributed by atoms with E-state index in [1.165, 1.54) is 17.0 Å². The van der Waals surface area contributed by atoms with Crippen LogP contribution in [0.25, 0.3) is 0 Å². The third-order valence-electron chi connectivity index (χ3n) is 7.10. The minimum Gasteiger partial charge on any atom is -0.354 e. The number of nitrogens with zero attached hydrogens (tertiary/aromatic N) is 2. The maximum absolute atomic E-state index is 14.5. The molecule has 1 N–H and O–H groups in total. The fourth-order valence-electron chi connectivity index (χ4n) is 4.84. The van der Waals surface area contributed by atoms with Crippen molar-refractivity contribution in [3.05, 3.63) is 130 Å². The van der Waals surface area contributed by atoms with E-state index in [9.17, 15) is 18.0 Å². The van der Waals surface area contributed by atoms with E-state index >= 15 is 0 Å². The van der Waals surface area contributed by atoms with Crippen molar-refractivity contribution in [2.75, 3.05) is 17.4 Å². The molecule has 7 nitrogen and oxygen atoms in total. The van der Waals surface area contributed by atoms with E-state index in [1.54, 1.807) is 36.4 Å². The van der Waals surface area contributed by atoms with Crippen molar-refractivity contribution in [2.24, 2.45) is 5.92 Å². The van der Waals surface area contributed by atoms with Crippen LogP contribution in [0.3, 0.4) is 0 Å². The minimum atomic E-state index is -4.13. The van der Waals surface area contributed by atoms with Crippen molar-refractivity contribution in [2.45, 2.75) is 44.7 Å². The Morgan fingerprint density at radius 1 is 0.818 bits per heavy atom. The predicted octanol–water partition coefficient (Wildman–Crippen LogP) is 6.37. The SMILES string of the molecule is Cc1cccc(N(CC(=O)N(Cc2cccc(Br)c2)C(Cc2ccccc2)C(=O)NCC(C)C)S(=O)(=O)c2ccccc2)c1. The molecule has 0 saturated heterocycles. The third-order valence-corrected chi connectivity index (χ3v) is 9.38. The first-order valence-electron chi connectivity index (χ1n) is 14.5. The summed E-state index contributed by atoms with van der Waals surface area (Å²) in [5, 5.41) is 3.01. The average molecular weight is 677 g/mol. The van der Waals surface area contributed by atoms with E-state index in [2.05, 4.69) is 21.2 Å². The van der Waals surface area contributed by atoms with Crippen molar-refractivity contribution in [3.63, 3.8) is 0 Å². The summed E-state index contributed by atoms with van der Waals surface area (Å²) < 4.78 is 30.1. The Morgan fingerprint density at radius 3 is 2.09 bits per heavy atom. The molecule has 0 aromatic heterocycles. The first-order valence-corrected chi connectivity index (χ1v) is 16.8. The lowest BCUT2D eigenvalue weighted by Crippen LogP contribution is -2.53. The molecule has 1 atom stereocenters. The quantitative estimate of drug-likeness (QED) is 0.179. The number of hydrogen-bond acceptors (Lipinski definition) is 4. The molecule has 4 aromatic rings. The summed E-state index contributed by atoms with van der Waals surface area (Å²) in [7, 11) is -4.13. The van der Waals surface area contributed by atoms with Crippen molar-refractivity contribution >= 4 is 43.5 Å². The number of anilines is 1. The molecule has 230 valence electrons. The molecule has 0 spiro atoms. The van der Waals surface area contributed by atoms with Crippen LogP contribution >= 0.6 is 15.9 Å². The van der Waals surface area contributed by atoms with Gasteiger partial charge in [-0.05, 0) is 65.9 Å². The molecular formula is C35H38BrN3O4S. The van der Waals surface area contributed by atoms with Crippen LogP contribution in [0.4, 0.5) is 5.69 Å². The fourth-order valence-corrected chi connectivity index (χ4v) is 6.71. The zero-order valence-corrected chi connectivity index (χ0v) is 27.6. The zero-order chi connectivity index (χ0) is 31.7. The van der Waals surface area contributed by atoms with Gasteiger partial charge in [0.1, 0.15) is 12.6 Å². The van der Waals surface area contributed by atoms with Crippen LogP contribution in [-0.4, -0.2) is 44.3 Å². The Kier molecular flexibility index (Phi) is 11.4. The van der Waals surface area contributed by atoms with Crippen LogP contribution in [0.2, 0.25) is 0 Å². The Labute approximate surface area is 269 Å². The molecule has 44 heavy (non-hydrogen) atoms. The van der Waals surface area contributed by atoms with Crippen molar-refractivity contribution in [1.29, 1.82) is 0 Å². The summed E-state index contributed by atoms with van der Waals surface area (Å²) in [5.74, 6) is -0.580. The molecule has 4 aromatic carbocycles.